The molecule has 2 aliphatic rings. The highest BCUT2D eigenvalue weighted by molar-refractivity contribution is 5.78. The van der Waals surface area contributed by atoms with Gasteiger partial charge in [0, 0.05) is 45.3 Å². The maximum Gasteiger partial charge on any atom is 0.236 e. The molecule has 2 fully saturated rings. The molecule has 1 unspecified atom stereocenters. The lowest BCUT2D eigenvalue weighted by Crippen LogP contribution is -2.53. The minimum absolute atomic E-state index is 0.236. The number of likely N-dealkylation sites (N-methyl/N-ethyl adjacent to an activating group) is 1. The molecule has 1 amide bonds. The number of hydrogen-bond donors (Lipinski definition) is 1. The first-order chi connectivity index (χ1) is 10.7. The third-order valence-electron chi connectivity index (χ3n) is 5.48. The predicted molar refractivity (Wildman–Crippen MR) is 88.8 cm³/mol. The molecular formula is C17H33N3O2. The van der Waals surface area contributed by atoms with Crippen molar-refractivity contribution < 1.29 is 9.90 Å². The number of piperazine rings is 1. The lowest BCUT2D eigenvalue weighted by atomic mass is 9.94. The lowest BCUT2D eigenvalue weighted by molar-refractivity contribution is -0.134. The Morgan fingerprint density at radius 3 is 2.36 bits per heavy atom. The van der Waals surface area contributed by atoms with E-state index in [1.807, 2.05) is 11.9 Å². The Bertz CT molecular complexity index is 333. The van der Waals surface area contributed by atoms with Gasteiger partial charge in [-0.05, 0) is 19.3 Å². The molecule has 5 nitrogen and oxygen atoms in total. The zero-order valence-corrected chi connectivity index (χ0v) is 14.3. The number of nitrogens with zero attached hydrogens (tertiary/aromatic N) is 3. The number of aliphatic hydroxyl groups is 1. The van der Waals surface area contributed by atoms with E-state index in [2.05, 4.69) is 16.7 Å². The molecular weight excluding hydrogens is 278 g/mol. The van der Waals surface area contributed by atoms with Gasteiger partial charge in [0.05, 0.1) is 13.2 Å². The highest BCUT2D eigenvalue weighted by atomic mass is 16.3. The van der Waals surface area contributed by atoms with Gasteiger partial charge < -0.3 is 10.0 Å². The molecule has 0 radical (unpaired) electrons. The molecule has 5 heteroatoms. The average Bonchev–Trinajstić information content (AvgIpc) is 2.57. The van der Waals surface area contributed by atoms with E-state index in [1.165, 1.54) is 32.1 Å². The maximum atomic E-state index is 12.5. The zero-order chi connectivity index (χ0) is 15.9. The van der Waals surface area contributed by atoms with Crippen LogP contribution in [0.15, 0.2) is 0 Å². The van der Waals surface area contributed by atoms with E-state index < -0.39 is 0 Å². The molecule has 2 rings (SSSR count). The minimum atomic E-state index is 0.236. The molecule has 0 spiro atoms. The Hall–Kier alpha value is -0.650. The van der Waals surface area contributed by atoms with Crippen LogP contribution >= 0.6 is 0 Å². The van der Waals surface area contributed by atoms with Gasteiger partial charge in [-0.2, -0.15) is 0 Å². The molecule has 0 aromatic heterocycles. The van der Waals surface area contributed by atoms with Gasteiger partial charge in [0.25, 0.3) is 0 Å². The number of carbonyl (C=O) groups excluding carboxylic acids is 1. The van der Waals surface area contributed by atoms with Crippen LogP contribution in [0.25, 0.3) is 0 Å². The van der Waals surface area contributed by atoms with Crippen molar-refractivity contribution >= 4 is 5.91 Å². The van der Waals surface area contributed by atoms with Gasteiger partial charge >= 0.3 is 0 Å². The number of amides is 1. The third kappa shape index (κ3) is 4.67. The molecule has 1 heterocycles. The van der Waals surface area contributed by atoms with Crippen LogP contribution in [0.5, 0.6) is 0 Å². The second-order valence-corrected chi connectivity index (χ2v) is 6.85. The minimum Gasteiger partial charge on any atom is -0.395 e. The zero-order valence-electron chi connectivity index (χ0n) is 14.3. The van der Waals surface area contributed by atoms with Gasteiger partial charge in [0.15, 0.2) is 0 Å². The summed E-state index contributed by atoms with van der Waals surface area (Å²) in [5.41, 5.74) is 0. The first-order valence-corrected chi connectivity index (χ1v) is 8.98. The molecule has 1 saturated carbocycles. The summed E-state index contributed by atoms with van der Waals surface area (Å²) < 4.78 is 0. The molecule has 0 bridgehead atoms. The molecule has 1 aliphatic carbocycles. The monoisotopic (exact) mass is 311 g/mol. The van der Waals surface area contributed by atoms with Gasteiger partial charge in [0.1, 0.15) is 0 Å². The topological polar surface area (TPSA) is 47.0 Å². The first kappa shape index (κ1) is 17.7. The van der Waals surface area contributed by atoms with Crippen LogP contribution in [0.1, 0.15) is 45.4 Å². The van der Waals surface area contributed by atoms with Crippen molar-refractivity contribution in [2.75, 3.05) is 46.4 Å². The fraction of sp³-hybridized carbons (Fsp3) is 0.941. The smallest absolute Gasteiger partial charge is 0.236 e. The Morgan fingerprint density at radius 2 is 1.82 bits per heavy atom. The van der Waals surface area contributed by atoms with Crippen molar-refractivity contribution in [3.8, 4) is 0 Å². The van der Waals surface area contributed by atoms with Crippen LogP contribution in [0, 0.1) is 0 Å². The molecule has 0 aromatic rings. The fourth-order valence-electron chi connectivity index (χ4n) is 3.76. The molecule has 1 atom stereocenters. The Kier molecular flexibility index (Phi) is 7.12. The van der Waals surface area contributed by atoms with Gasteiger partial charge in [-0.3, -0.25) is 14.6 Å². The van der Waals surface area contributed by atoms with Crippen LogP contribution in [0.2, 0.25) is 0 Å². The molecule has 0 aromatic carbocycles. The second kappa shape index (κ2) is 8.85. The van der Waals surface area contributed by atoms with Crippen molar-refractivity contribution in [1.82, 2.24) is 14.7 Å². The summed E-state index contributed by atoms with van der Waals surface area (Å²) in [5.74, 6) is 0.273. The number of aliphatic hydroxyl groups excluding tert-OH is 1. The largest absolute Gasteiger partial charge is 0.395 e. The van der Waals surface area contributed by atoms with E-state index in [-0.39, 0.29) is 18.6 Å². The lowest BCUT2D eigenvalue weighted by Gasteiger charge is -2.39. The first-order valence-electron chi connectivity index (χ1n) is 8.98. The number of rotatable bonds is 6. The summed E-state index contributed by atoms with van der Waals surface area (Å²) in [5, 5.41) is 9.39. The normalized spacial score (nSPS) is 23.4. The highest BCUT2D eigenvalue weighted by Crippen LogP contribution is 2.21. The van der Waals surface area contributed by atoms with Crippen LogP contribution in [0.3, 0.4) is 0 Å². The molecule has 1 saturated heterocycles. The number of carbonyl (C=O) groups is 1. The number of hydrogen-bond acceptors (Lipinski definition) is 4. The Morgan fingerprint density at radius 1 is 1.18 bits per heavy atom. The molecule has 1 aliphatic heterocycles. The van der Waals surface area contributed by atoms with E-state index >= 15 is 0 Å². The summed E-state index contributed by atoms with van der Waals surface area (Å²) >= 11 is 0. The van der Waals surface area contributed by atoms with Gasteiger partial charge in [-0.1, -0.05) is 26.2 Å². The van der Waals surface area contributed by atoms with E-state index in [9.17, 15) is 9.90 Å². The van der Waals surface area contributed by atoms with E-state index in [4.69, 9.17) is 0 Å². The van der Waals surface area contributed by atoms with Crippen molar-refractivity contribution in [2.24, 2.45) is 0 Å². The quantitative estimate of drug-likeness (QED) is 0.800. The molecule has 1 N–H and O–H groups in total. The fourth-order valence-corrected chi connectivity index (χ4v) is 3.76. The maximum absolute atomic E-state index is 12.5. The SMILES string of the molecule is CCC(CO)N1CCN(CC(=O)N(C)C2CCCCC2)CC1. The summed E-state index contributed by atoms with van der Waals surface area (Å²) in [7, 11) is 1.98. The summed E-state index contributed by atoms with van der Waals surface area (Å²) in [4.78, 5) is 19.1. The van der Waals surface area contributed by atoms with Gasteiger partial charge in [0.2, 0.25) is 5.91 Å². The van der Waals surface area contributed by atoms with Crippen LogP contribution in [-0.4, -0.2) is 84.2 Å². The van der Waals surface area contributed by atoms with Crippen molar-refractivity contribution in [2.45, 2.75) is 57.5 Å². The third-order valence-corrected chi connectivity index (χ3v) is 5.48. The standard InChI is InChI=1S/C17H33N3O2/c1-3-15(14-21)20-11-9-19(10-12-20)13-17(22)18(2)16-7-5-4-6-8-16/h15-16,21H,3-14H2,1-2H3. The molecule has 22 heavy (non-hydrogen) atoms. The van der Waals surface area contributed by atoms with Crippen molar-refractivity contribution in [1.29, 1.82) is 0 Å². The van der Waals surface area contributed by atoms with Crippen LogP contribution < -0.4 is 0 Å². The molecule has 128 valence electrons. The Labute approximate surface area is 135 Å². The van der Waals surface area contributed by atoms with Crippen molar-refractivity contribution in [3.05, 3.63) is 0 Å². The Balaban J connectivity index is 1.74. The summed E-state index contributed by atoms with van der Waals surface area (Å²) in [6.45, 7) is 6.69. The second-order valence-electron chi connectivity index (χ2n) is 6.85. The highest BCUT2D eigenvalue weighted by Gasteiger charge is 2.26. The van der Waals surface area contributed by atoms with Crippen LogP contribution in [0.4, 0.5) is 0 Å². The van der Waals surface area contributed by atoms with Crippen LogP contribution in [-0.2, 0) is 4.79 Å². The van der Waals surface area contributed by atoms with Gasteiger partial charge in [-0.15, -0.1) is 0 Å². The van der Waals surface area contributed by atoms with Gasteiger partial charge in [-0.25, -0.2) is 0 Å². The van der Waals surface area contributed by atoms with E-state index in [1.54, 1.807) is 0 Å². The summed E-state index contributed by atoms with van der Waals surface area (Å²) in [6.07, 6.45) is 7.18. The predicted octanol–water partition coefficient (Wildman–Crippen LogP) is 1.17. The van der Waals surface area contributed by atoms with Crippen molar-refractivity contribution in [3.63, 3.8) is 0 Å². The van der Waals surface area contributed by atoms with E-state index in [0.29, 0.717) is 12.6 Å². The average molecular weight is 311 g/mol. The summed E-state index contributed by atoms with van der Waals surface area (Å²) in [6, 6.07) is 0.740. The van der Waals surface area contributed by atoms with E-state index in [0.717, 1.165) is 32.6 Å².